The van der Waals surface area contributed by atoms with Gasteiger partial charge in [0, 0.05) is 7.05 Å². The Bertz CT molecular complexity index is 1520. The predicted octanol–water partition coefficient (Wildman–Crippen LogP) is 4.78. The molecule has 3 aromatic carbocycles. The molecule has 0 aliphatic carbocycles. The molecule has 33 heavy (non-hydrogen) atoms. The van der Waals surface area contributed by atoms with Crippen molar-refractivity contribution in [3.63, 3.8) is 0 Å². The minimum Gasteiger partial charge on any atom is -0.312 e. The van der Waals surface area contributed by atoms with E-state index in [1.165, 1.54) is 22.8 Å². The molecule has 0 N–H and O–H groups in total. The molecule has 0 bridgehead atoms. The molecular weight excluding hydrogens is 458 g/mol. The topological polar surface area (TPSA) is 56.4 Å². The number of hydrogen-bond donors (Lipinski definition) is 0. The van der Waals surface area contributed by atoms with E-state index < -0.39 is 27.6 Å². The van der Waals surface area contributed by atoms with Crippen molar-refractivity contribution >= 4 is 21.1 Å². The number of aromatic nitrogens is 2. The molecule has 0 aliphatic rings. The Morgan fingerprint density at radius 3 is 2.27 bits per heavy atom. The quantitative estimate of drug-likeness (QED) is 0.397. The maximum absolute atomic E-state index is 14.2. The second kappa shape index (κ2) is 8.18. The maximum atomic E-state index is 14.2. The van der Waals surface area contributed by atoms with Crippen LogP contribution in [0, 0.1) is 12.7 Å². The highest BCUT2D eigenvalue weighted by Gasteiger charge is 2.34. The number of alkyl halides is 3. The Labute approximate surface area is 187 Å². The lowest BCUT2D eigenvalue weighted by atomic mass is 10.1. The Morgan fingerprint density at radius 2 is 1.64 bits per heavy atom. The third kappa shape index (κ3) is 4.43. The van der Waals surface area contributed by atoms with Crippen LogP contribution in [0.4, 0.5) is 17.6 Å². The van der Waals surface area contributed by atoms with Crippen LogP contribution in [0.3, 0.4) is 0 Å². The third-order valence-electron chi connectivity index (χ3n) is 5.25. The number of rotatable bonds is 4. The van der Waals surface area contributed by atoms with Gasteiger partial charge in [0.05, 0.1) is 28.0 Å². The van der Waals surface area contributed by atoms with E-state index in [1.807, 2.05) is 19.1 Å². The van der Waals surface area contributed by atoms with Gasteiger partial charge in [0.25, 0.3) is 10.0 Å². The van der Waals surface area contributed by atoms with Gasteiger partial charge in [-0.15, -0.1) is 4.40 Å². The first-order valence-corrected chi connectivity index (χ1v) is 11.3. The molecule has 4 rings (SSSR count). The van der Waals surface area contributed by atoms with Crippen LogP contribution in [0.1, 0.15) is 16.7 Å². The second-order valence-electron chi connectivity index (χ2n) is 7.63. The molecule has 0 spiro atoms. The van der Waals surface area contributed by atoms with Crippen molar-refractivity contribution in [1.82, 2.24) is 9.13 Å². The van der Waals surface area contributed by atoms with Crippen molar-refractivity contribution in [2.45, 2.75) is 24.5 Å². The van der Waals surface area contributed by atoms with Crippen molar-refractivity contribution < 1.29 is 26.0 Å². The SMILES string of the molecule is Cc1ccc2c(c1)n(C)/c(=N/S(=O)(=O)c1ccccc1)n2Cc1ccc(C(F)(F)F)c(F)c1. The van der Waals surface area contributed by atoms with Gasteiger partial charge in [-0.1, -0.05) is 30.3 Å². The highest BCUT2D eigenvalue weighted by molar-refractivity contribution is 7.90. The summed E-state index contributed by atoms with van der Waals surface area (Å²) >= 11 is 0. The van der Waals surface area contributed by atoms with Gasteiger partial charge in [-0.3, -0.25) is 0 Å². The Balaban J connectivity index is 1.92. The average Bonchev–Trinajstić information content (AvgIpc) is 2.98. The van der Waals surface area contributed by atoms with E-state index in [-0.39, 0.29) is 22.6 Å². The number of halogens is 4. The van der Waals surface area contributed by atoms with Crippen LogP contribution >= 0.6 is 0 Å². The minimum atomic E-state index is -4.81. The van der Waals surface area contributed by atoms with Crippen LogP contribution in [0.25, 0.3) is 11.0 Å². The Morgan fingerprint density at radius 1 is 0.939 bits per heavy atom. The normalized spacial score (nSPS) is 13.1. The average molecular weight is 477 g/mol. The van der Waals surface area contributed by atoms with Crippen molar-refractivity contribution in [3.05, 3.63) is 94.9 Å². The summed E-state index contributed by atoms with van der Waals surface area (Å²) in [6.07, 6.45) is -4.81. The maximum Gasteiger partial charge on any atom is 0.419 e. The van der Waals surface area contributed by atoms with Crippen LogP contribution in [0.2, 0.25) is 0 Å². The van der Waals surface area contributed by atoms with Gasteiger partial charge in [0.1, 0.15) is 5.82 Å². The molecule has 0 atom stereocenters. The van der Waals surface area contributed by atoms with Crippen LogP contribution in [0.15, 0.2) is 76.0 Å². The molecule has 0 saturated heterocycles. The molecule has 0 saturated carbocycles. The zero-order valence-electron chi connectivity index (χ0n) is 17.6. The molecule has 0 radical (unpaired) electrons. The van der Waals surface area contributed by atoms with Gasteiger partial charge in [-0.25, -0.2) is 4.39 Å². The van der Waals surface area contributed by atoms with Crippen molar-refractivity contribution in [2.24, 2.45) is 11.4 Å². The molecule has 0 amide bonds. The van der Waals surface area contributed by atoms with E-state index in [0.29, 0.717) is 17.1 Å². The molecule has 4 aromatic rings. The Kier molecular flexibility index (Phi) is 5.65. The fraction of sp³-hybridized carbons (Fsp3) is 0.174. The zero-order chi connectivity index (χ0) is 24.0. The molecule has 0 fully saturated rings. The van der Waals surface area contributed by atoms with E-state index in [4.69, 9.17) is 0 Å². The standard InChI is InChI=1S/C23H19F4N3O2S/c1-15-8-11-20-21(12-15)29(2)22(28-33(31,32)17-6-4-3-5-7-17)30(20)14-16-9-10-18(19(24)13-16)23(25,26)27/h3-13H,14H2,1-2H3/b28-22-. The molecule has 5 nitrogen and oxygen atoms in total. The fourth-order valence-electron chi connectivity index (χ4n) is 3.62. The van der Waals surface area contributed by atoms with Gasteiger partial charge in [-0.2, -0.15) is 21.6 Å². The molecule has 10 heteroatoms. The summed E-state index contributed by atoms with van der Waals surface area (Å²) in [5.74, 6) is -1.40. The lowest BCUT2D eigenvalue weighted by Crippen LogP contribution is -2.26. The number of fused-ring (bicyclic) bond motifs is 1. The van der Waals surface area contributed by atoms with Crippen LogP contribution in [0.5, 0.6) is 0 Å². The lowest BCUT2D eigenvalue weighted by molar-refractivity contribution is -0.140. The first kappa shape index (κ1) is 22.8. The number of benzene rings is 3. The lowest BCUT2D eigenvalue weighted by Gasteiger charge is -2.10. The van der Waals surface area contributed by atoms with E-state index in [2.05, 4.69) is 4.40 Å². The molecule has 1 heterocycles. The summed E-state index contributed by atoms with van der Waals surface area (Å²) in [7, 11) is -2.44. The highest BCUT2D eigenvalue weighted by atomic mass is 32.2. The summed E-state index contributed by atoms with van der Waals surface area (Å²) in [4.78, 5) is -0.00133. The monoisotopic (exact) mass is 477 g/mol. The van der Waals surface area contributed by atoms with E-state index >= 15 is 0 Å². The molecule has 172 valence electrons. The zero-order valence-corrected chi connectivity index (χ0v) is 18.5. The third-order valence-corrected chi connectivity index (χ3v) is 6.52. The van der Waals surface area contributed by atoms with E-state index in [1.54, 1.807) is 35.9 Å². The highest BCUT2D eigenvalue weighted by Crippen LogP contribution is 2.31. The summed E-state index contributed by atoms with van der Waals surface area (Å²) in [5, 5.41) is 0. The molecule has 1 aromatic heterocycles. The number of hydrogen-bond acceptors (Lipinski definition) is 2. The second-order valence-corrected chi connectivity index (χ2v) is 9.23. The summed E-state index contributed by atoms with van der Waals surface area (Å²) in [6, 6.07) is 15.7. The number of aryl methyl sites for hydroxylation is 2. The largest absolute Gasteiger partial charge is 0.419 e. The van der Waals surface area contributed by atoms with Crippen LogP contribution < -0.4 is 5.62 Å². The fourth-order valence-corrected chi connectivity index (χ4v) is 4.66. The predicted molar refractivity (Wildman–Crippen MR) is 115 cm³/mol. The van der Waals surface area contributed by atoms with Crippen molar-refractivity contribution in [2.75, 3.05) is 0 Å². The summed E-state index contributed by atoms with van der Waals surface area (Å²) in [6.45, 7) is 1.79. The summed E-state index contributed by atoms with van der Waals surface area (Å²) in [5.41, 5.74) is 1.12. The summed E-state index contributed by atoms with van der Waals surface area (Å²) < 4.78 is 86.0. The minimum absolute atomic E-state index is 0.00133. The first-order valence-electron chi connectivity index (χ1n) is 9.85. The number of imidazole rings is 1. The van der Waals surface area contributed by atoms with Crippen LogP contribution in [-0.2, 0) is 29.8 Å². The van der Waals surface area contributed by atoms with Crippen LogP contribution in [-0.4, -0.2) is 17.6 Å². The van der Waals surface area contributed by atoms with Gasteiger partial charge in [0.15, 0.2) is 0 Å². The number of sulfonamides is 1. The van der Waals surface area contributed by atoms with Crippen molar-refractivity contribution in [3.8, 4) is 0 Å². The molecule has 0 unspecified atom stereocenters. The first-order chi connectivity index (χ1) is 15.5. The number of nitrogens with zero attached hydrogens (tertiary/aromatic N) is 3. The Hall–Kier alpha value is -3.40. The van der Waals surface area contributed by atoms with Gasteiger partial charge in [0.2, 0.25) is 5.62 Å². The molecular formula is C23H19F4N3O2S. The smallest absolute Gasteiger partial charge is 0.312 e. The van der Waals surface area contributed by atoms with Gasteiger partial charge < -0.3 is 9.13 Å². The van der Waals surface area contributed by atoms with E-state index in [0.717, 1.165) is 11.6 Å². The van der Waals surface area contributed by atoms with Crippen molar-refractivity contribution in [1.29, 1.82) is 0 Å². The van der Waals surface area contributed by atoms with E-state index in [9.17, 15) is 26.0 Å². The molecule has 0 aliphatic heterocycles. The van der Waals surface area contributed by atoms with Gasteiger partial charge >= 0.3 is 6.18 Å². The van der Waals surface area contributed by atoms with Gasteiger partial charge in [-0.05, 0) is 54.4 Å².